The van der Waals surface area contributed by atoms with Gasteiger partial charge in [-0.1, -0.05) is 40.5 Å². The minimum absolute atomic E-state index is 0.791. The van der Waals surface area contributed by atoms with Crippen LogP contribution in [0.2, 0.25) is 0 Å². The van der Waals surface area contributed by atoms with Crippen LogP contribution in [0.15, 0.2) is 0 Å². The van der Waals surface area contributed by atoms with Gasteiger partial charge in [-0.05, 0) is 44.7 Å². The van der Waals surface area contributed by atoms with Gasteiger partial charge >= 0.3 is 0 Å². The van der Waals surface area contributed by atoms with Crippen molar-refractivity contribution in [2.45, 2.75) is 59.8 Å². The van der Waals surface area contributed by atoms with E-state index < -0.39 is 0 Å². The van der Waals surface area contributed by atoms with Crippen molar-refractivity contribution < 1.29 is 4.74 Å². The molecular weight excluding hydrogens is 210 g/mol. The van der Waals surface area contributed by atoms with E-state index in [9.17, 15) is 0 Å². The lowest BCUT2D eigenvalue weighted by atomic mass is 10.1. The van der Waals surface area contributed by atoms with E-state index in [0.29, 0.717) is 0 Å². The Labute approximate surface area is 109 Å². The van der Waals surface area contributed by atoms with Crippen LogP contribution in [-0.2, 0) is 4.74 Å². The first kappa shape index (κ1) is 16.9. The Morgan fingerprint density at radius 2 is 1.47 bits per heavy atom. The number of unbranched alkanes of at least 4 members (excludes halogenated alkanes) is 1. The summed E-state index contributed by atoms with van der Waals surface area (Å²) >= 11 is 0. The van der Waals surface area contributed by atoms with E-state index in [0.717, 1.165) is 31.7 Å². The van der Waals surface area contributed by atoms with Crippen molar-refractivity contribution in [1.29, 1.82) is 0 Å². The Kier molecular flexibility index (Phi) is 11.0. The number of ether oxygens (including phenoxy) is 1. The highest BCUT2D eigenvalue weighted by atomic mass is 16.5. The molecule has 0 bridgehead atoms. The Hall–Kier alpha value is -0.0800. The molecule has 0 spiro atoms. The SMILES string of the molecule is CC(C)CCCCOCN(C)CCCC(C)C. The second-order valence-electron chi connectivity index (χ2n) is 6.04. The lowest BCUT2D eigenvalue weighted by Crippen LogP contribution is -2.23. The molecule has 0 aliphatic carbocycles. The monoisotopic (exact) mass is 243 g/mol. The van der Waals surface area contributed by atoms with Crippen LogP contribution in [0.1, 0.15) is 59.8 Å². The number of nitrogens with zero attached hydrogens (tertiary/aromatic N) is 1. The fourth-order valence-electron chi connectivity index (χ4n) is 1.81. The number of hydrogen-bond donors (Lipinski definition) is 0. The molecule has 17 heavy (non-hydrogen) atoms. The molecule has 0 aromatic carbocycles. The normalized spacial score (nSPS) is 12.0. The predicted octanol–water partition coefficient (Wildman–Crippen LogP) is 4.15. The molecular formula is C15H33NO. The third-order valence-electron chi connectivity index (χ3n) is 2.95. The lowest BCUT2D eigenvalue weighted by molar-refractivity contribution is 0.0394. The largest absolute Gasteiger partial charge is 0.366 e. The van der Waals surface area contributed by atoms with Crippen LogP contribution >= 0.6 is 0 Å². The zero-order chi connectivity index (χ0) is 13.1. The molecule has 0 aliphatic rings. The molecule has 0 radical (unpaired) electrons. The molecule has 0 aromatic heterocycles. The van der Waals surface area contributed by atoms with E-state index in [1.807, 2.05) is 0 Å². The molecule has 0 rings (SSSR count). The van der Waals surface area contributed by atoms with E-state index in [-0.39, 0.29) is 0 Å². The lowest BCUT2D eigenvalue weighted by Gasteiger charge is -2.17. The molecule has 104 valence electrons. The summed E-state index contributed by atoms with van der Waals surface area (Å²) in [6.07, 6.45) is 6.43. The van der Waals surface area contributed by atoms with Crippen molar-refractivity contribution in [3.8, 4) is 0 Å². The second kappa shape index (κ2) is 11.0. The van der Waals surface area contributed by atoms with Crippen LogP contribution < -0.4 is 0 Å². The third kappa shape index (κ3) is 13.9. The molecule has 2 heteroatoms. The Balaban J connectivity index is 3.19. The van der Waals surface area contributed by atoms with Gasteiger partial charge in [0.1, 0.15) is 0 Å². The maximum absolute atomic E-state index is 5.66. The first-order chi connectivity index (χ1) is 8.02. The van der Waals surface area contributed by atoms with Crippen molar-refractivity contribution >= 4 is 0 Å². The summed E-state index contributed by atoms with van der Waals surface area (Å²) in [5, 5.41) is 0. The van der Waals surface area contributed by atoms with E-state index in [4.69, 9.17) is 4.74 Å². The van der Waals surface area contributed by atoms with Gasteiger partial charge in [0.15, 0.2) is 0 Å². The van der Waals surface area contributed by atoms with Gasteiger partial charge in [0, 0.05) is 6.61 Å². The maximum Gasteiger partial charge on any atom is 0.0987 e. The fourth-order valence-corrected chi connectivity index (χ4v) is 1.81. The van der Waals surface area contributed by atoms with E-state index in [2.05, 4.69) is 39.6 Å². The first-order valence-electron chi connectivity index (χ1n) is 7.28. The highest BCUT2D eigenvalue weighted by Crippen LogP contribution is 2.06. The zero-order valence-electron chi connectivity index (χ0n) is 12.7. The van der Waals surface area contributed by atoms with Gasteiger partial charge in [0.25, 0.3) is 0 Å². The molecule has 0 unspecified atom stereocenters. The minimum atomic E-state index is 0.791. The van der Waals surface area contributed by atoms with Gasteiger partial charge in [-0.3, -0.25) is 4.90 Å². The van der Waals surface area contributed by atoms with E-state index in [1.54, 1.807) is 0 Å². The molecule has 0 aromatic rings. The van der Waals surface area contributed by atoms with Gasteiger partial charge in [-0.2, -0.15) is 0 Å². The molecule has 2 nitrogen and oxygen atoms in total. The molecule has 0 amide bonds. The van der Waals surface area contributed by atoms with E-state index >= 15 is 0 Å². The summed E-state index contributed by atoms with van der Waals surface area (Å²) in [5.74, 6) is 1.65. The highest BCUT2D eigenvalue weighted by Gasteiger charge is 2.00. The predicted molar refractivity (Wildman–Crippen MR) is 76.2 cm³/mol. The van der Waals surface area contributed by atoms with E-state index in [1.165, 1.54) is 32.1 Å². The second-order valence-corrected chi connectivity index (χ2v) is 6.04. The Morgan fingerprint density at radius 3 is 2.06 bits per heavy atom. The van der Waals surface area contributed by atoms with Crippen molar-refractivity contribution in [1.82, 2.24) is 4.90 Å². The fraction of sp³-hybridized carbons (Fsp3) is 1.00. The number of hydrogen-bond acceptors (Lipinski definition) is 2. The summed E-state index contributed by atoms with van der Waals surface area (Å²) < 4.78 is 5.66. The van der Waals surface area contributed by atoms with Gasteiger partial charge in [-0.25, -0.2) is 0 Å². The van der Waals surface area contributed by atoms with Crippen LogP contribution in [0.4, 0.5) is 0 Å². The smallest absolute Gasteiger partial charge is 0.0987 e. The van der Waals surface area contributed by atoms with Crippen molar-refractivity contribution in [2.75, 3.05) is 26.9 Å². The van der Waals surface area contributed by atoms with Gasteiger partial charge in [-0.15, -0.1) is 0 Å². The highest BCUT2D eigenvalue weighted by molar-refractivity contribution is 4.51. The summed E-state index contributed by atoms with van der Waals surface area (Å²) in [4.78, 5) is 2.28. The molecule has 0 fully saturated rings. The molecule has 0 N–H and O–H groups in total. The average Bonchev–Trinajstić information content (AvgIpc) is 2.22. The topological polar surface area (TPSA) is 12.5 Å². The third-order valence-corrected chi connectivity index (χ3v) is 2.95. The molecule has 0 saturated heterocycles. The van der Waals surface area contributed by atoms with Crippen LogP contribution in [0.25, 0.3) is 0 Å². The van der Waals surface area contributed by atoms with Crippen LogP contribution in [0.5, 0.6) is 0 Å². The minimum Gasteiger partial charge on any atom is -0.366 e. The van der Waals surface area contributed by atoms with Crippen molar-refractivity contribution in [3.05, 3.63) is 0 Å². The summed E-state index contributed by atoms with van der Waals surface area (Å²) in [7, 11) is 2.15. The van der Waals surface area contributed by atoms with Crippen molar-refractivity contribution in [3.63, 3.8) is 0 Å². The molecule has 0 saturated carbocycles. The average molecular weight is 243 g/mol. The summed E-state index contributed by atoms with van der Waals surface area (Å²) in [5.41, 5.74) is 0. The summed E-state index contributed by atoms with van der Waals surface area (Å²) in [6.45, 7) is 12.0. The molecule has 0 aliphatic heterocycles. The standard InChI is InChI=1S/C15H33NO/c1-14(2)9-6-7-12-17-13-16(5)11-8-10-15(3)4/h14-15H,6-13H2,1-5H3. The quantitative estimate of drug-likeness (QED) is 0.399. The zero-order valence-corrected chi connectivity index (χ0v) is 12.7. The van der Waals surface area contributed by atoms with Gasteiger partial charge < -0.3 is 4.74 Å². The molecule has 0 atom stereocenters. The van der Waals surface area contributed by atoms with Crippen LogP contribution in [0, 0.1) is 11.8 Å². The van der Waals surface area contributed by atoms with Crippen molar-refractivity contribution in [2.24, 2.45) is 11.8 Å². The van der Waals surface area contributed by atoms with Crippen LogP contribution in [-0.4, -0.2) is 31.8 Å². The van der Waals surface area contributed by atoms with Gasteiger partial charge in [0.05, 0.1) is 6.73 Å². The Bertz CT molecular complexity index is 157. The summed E-state index contributed by atoms with van der Waals surface area (Å²) in [6, 6.07) is 0. The van der Waals surface area contributed by atoms with Crippen LogP contribution in [0.3, 0.4) is 0 Å². The maximum atomic E-state index is 5.66. The first-order valence-corrected chi connectivity index (χ1v) is 7.28. The number of rotatable bonds is 11. The molecule has 0 heterocycles. The Morgan fingerprint density at radius 1 is 0.882 bits per heavy atom. The van der Waals surface area contributed by atoms with Gasteiger partial charge in [0.2, 0.25) is 0 Å².